The number of methoxy groups -OCH3 is 1. The predicted molar refractivity (Wildman–Crippen MR) is 119 cm³/mol. The van der Waals surface area contributed by atoms with Gasteiger partial charge in [0.05, 0.1) is 10.7 Å². The number of halogens is 1. The molecular formula is C20H23IN2O3S. The van der Waals surface area contributed by atoms with Crippen LogP contribution >= 0.6 is 34.8 Å². The molecule has 0 aromatic heterocycles. The Hall–Kier alpha value is -1.71. The van der Waals surface area contributed by atoms with E-state index in [0.29, 0.717) is 30.2 Å². The summed E-state index contributed by atoms with van der Waals surface area (Å²) in [5.74, 6) is 0.477. The molecule has 0 saturated heterocycles. The van der Waals surface area contributed by atoms with Gasteiger partial charge in [-0.2, -0.15) is 0 Å². The number of unbranched alkanes of at least 4 members (excludes halogenated alkanes) is 1. The van der Waals surface area contributed by atoms with Crippen LogP contribution in [0.25, 0.3) is 0 Å². The topological polar surface area (TPSA) is 61.8 Å². The minimum Gasteiger partial charge on any atom is -0.496 e. The molecule has 0 atom stereocenters. The van der Waals surface area contributed by atoms with Crippen molar-refractivity contribution < 1.29 is 14.6 Å². The lowest BCUT2D eigenvalue weighted by Gasteiger charge is -2.25. The van der Waals surface area contributed by atoms with Crippen LogP contribution in [0.15, 0.2) is 48.5 Å². The fourth-order valence-corrected chi connectivity index (χ4v) is 3.51. The van der Waals surface area contributed by atoms with Gasteiger partial charge in [-0.15, -0.1) is 0 Å². The van der Waals surface area contributed by atoms with Gasteiger partial charge < -0.3 is 14.7 Å². The van der Waals surface area contributed by atoms with Crippen molar-refractivity contribution in [2.75, 3.05) is 20.3 Å². The van der Waals surface area contributed by atoms with Crippen LogP contribution < -0.4 is 10.1 Å². The van der Waals surface area contributed by atoms with Gasteiger partial charge in [-0.1, -0.05) is 30.3 Å². The number of nitrogens with one attached hydrogen (secondary N) is 1. The number of aliphatic hydroxyl groups is 1. The van der Waals surface area contributed by atoms with Crippen molar-refractivity contribution in [2.45, 2.75) is 19.4 Å². The number of benzene rings is 2. The summed E-state index contributed by atoms with van der Waals surface area (Å²) in [7, 11) is 1.60. The average Bonchev–Trinajstić information content (AvgIpc) is 2.68. The molecule has 2 aromatic carbocycles. The van der Waals surface area contributed by atoms with Crippen molar-refractivity contribution in [3.05, 3.63) is 63.2 Å². The number of nitrogens with zero attached hydrogens (tertiary/aromatic N) is 1. The lowest BCUT2D eigenvalue weighted by Crippen LogP contribution is -2.42. The fraction of sp³-hybridized carbons (Fsp3) is 0.300. The maximum Gasteiger partial charge on any atom is 0.257 e. The standard InChI is InChI=1S/C20H23IN2O3S/c1-26-18-10-9-16(13-17(18)21)19(25)22-20(27)23(11-5-6-12-24)14-15-7-3-2-4-8-15/h2-4,7-10,13,24H,5-6,11-12,14H2,1H3,(H,22,25,27). The summed E-state index contributed by atoms with van der Waals surface area (Å²) in [6.07, 6.45) is 1.48. The highest BCUT2D eigenvalue weighted by Gasteiger charge is 2.15. The quantitative estimate of drug-likeness (QED) is 0.331. The molecule has 0 heterocycles. The lowest BCUT2D eigenvalue weighted by atomic mass is 10.2. The first kappa shape index (κ1) is 21.6. The van der Waals surface area contributed by atoms with Crippen LogP contribution in [0.2, 0.25) is 0 Å². The van der Waals surface area contributed by atoms with E-state index in [0.717, 1.165) is 21.3 Å². The molecule has 2 N–H and O–H groups in total. The van der Waals surface area contributed by atoms with E-state index < -0.39 is 0 Å². The zero-order valence-electron chi connectivity index (χ0n) is 15.2. The van der Waals surface area contributed by atoms with Crippen LogP contribution in [-0.4, -0.2) is 41.3 Å². The predicted octanol–water partition coefficient (Wildman–Crippen LogP) is 3.59. The van der Waals surface area contributed by atoms with Crippen molar-refractivity contribution in [2.24, 2.45) is 0 Å². The molecule has 1 amide bonds. The maximum absolute atomic E-state index is 12.6. The normalized spacial score (nSPS) is 10.3. The SMILES string of the molecule is COc1ccc(C(=O)NC(=S)N(CCCCO)Cc2ccccc2)cc1I. The maximum atomic E-state index is 12.6. The van der Waals surface area contributed by atoms with E-state index in [1.807, 2.05) is 35.2 Å². The molecule has 0 unspecified atom stereocenters. The lowest BCUT2D eigenvalue weighted by molar-refractivity contribution is 0.0972. The van der Waals surface area contributed by atoms with E-state index >= 15 is 0 Å². The molecular weight excluding hydrogens is 475 g/mol. The van der Waals surface area contributed by atoms with Gasteiger partial charge in [0, 0.05) is 25.3 Å². The number of thiocarbonyl (C=S) groups is 1. The summed E-state index contributed by atoms with van der Waals surface area (Å²) >= 11 is 7.62. The number of ether oxygens (including phenoxy) is 1. The zero-order chi connectivity index (χ0) is 19.6. The molecule has 0 spiro atoms. The van der Waals surface area contributed by atoms with E-state index in [2.05, 4.69) is 27.9 Å². The Kier molecular flexibility index (Phi) is 8.96. The van der Waals surface area contributed by atoms with Crippen molar-refractivity contribution in [3.63, 3.8) is 0 Å². The van der Waals surface area contributed by atoms with E-state index in [9.17, 15) is 4.79 Å². The Bertz CT molecular complexity index is 771. The first-order valence-electron chi connectivity index (χ1n) is 8.63. The number of hydrogen-bond donors (Lipinski definition) is 2. The van der Waals surface area contributed by atoms with E-state index in [-0.39, 0.29) is 12.5 Å². The zero-order valence-corrected chi connectivity index (χ0v) is 18.1. The Balaban J connectivity index is 2.06. The molecule has 144 valence electrons. The molecule has 0 aliphatic carbocycles. The van der Waals surface area contributed by atoms with Gasteiger partial charge in [0.15, 0.2) is 5.11 Å². The molecule has 0 aliphatic rings. The van der Waals surface area contributed by atoms with Crippen LogP contribution in [0, 0.1) is 3.57 Å². The largest absolute Gasteiger partial charge is 0.496 e. The third-order valence-electron chi connectivity index (χ3n) is 3.97. The first-order valence-corrected chi connectivity index (χ1v) is 10.1. The fourth-order valence-electron chi connectivity index (χ4n) is 2.53. The molecule has 2 rings (SSSR count). The van der Waals surface area contributed by atoms with Gasteiger partial charge in [-0.05, 0) is 71.4 Å². The number of carbonyl (C=O) groups is 1. The monoisotopic (exact) mass is 498 g/mol. The highest BCUT2D eigenvalue weighted by atomic mass is 127. The summed E-state index contributed by atoms with van der Waals surface area (Å²) in [6.45, 7) is 1.41. The van der Waals surface area contributed by atoms with Crippen LogP contribution in [0.1, 0.15) is 28.8 Å². The Morgan fingerprint density at radius 1 is 1.22 bits per heavy atom. The summed E-state index contributed by atoms with van der Waals surface area (Å²) < 4.78 is 6.09. The summed E-state index contributed by atoms with van der Waals surface area (Å²) in [4.78, 5) is 14.5. The number of aliphatic hydroxyl groups excluding tert-OH is 1. The summed E-state index contributed by atoms with van der Waals surface area (Å²) in [5, 5.41) is 12.2. The molecule has 0 radical (unpaired) electrons. The second kappa shape index (κ2) is 11.2. The average molecular weight is 498 g/mol. The highest BCUT2D eigenvalue weighted by Crippen LogP contribution is 2.21. The van der Waals surface area contributed by atoms with E-state index in [4.69, 9.17) is 22.1 Å². The number of rotatable bonds is 8. The van der Waals surface area contributed by atoms with Crippen molar-refractivity contribution >= 4 is 45.8 Å². The van der Waals surface area contributed by atoms with E-state index in [1.54, 1.807) is 25.3 Å². The van der Waals surface area contributed by atoms with Gasteiger partial charge in [-0.25, -0.2) is 0 Å². The van der Waals surface area contributed by atoms with Gasteiger partial charge in [-0.3, -0.25) is 10.1 Å². The smallest absolute Gasteiger partial charge is 0.257 e. The van der Waals surface area contributed by atoms with Crippen LogP contribution in [0.3, 0.4) is 0 Å². The molecule has 0 bridgehead atoms. The molecule has 7 heteroatoms. The highest BCUT2D eigenvalue weighted by molar-refractivity contribution is 14.1. The van der Waals surface area contributed by atoms with Gasteiger partial charge in [0.1, 0.15) is 5.75 Å². The number of carbonyl (C=O) groups excluding carboxylic acids is 1. The van der Waals surface area contributed by atoms with Gasteiger partial charge in [0.25, 0.3) is 5.91 Å². The van der Waals surface area contributed by atoms with E-state index in [1.165, 1.54) is 0 Å². The third-order valence-corrected chi connectivity index (χ3v) is 5.18. The Morgan fingerprint density at radius 3 is 2.59 bits per heavy atom. The Labute approximate surface area is 178 Å². The first-order chi connectivity index (χ1) is 13.0. The van der Waals surface area contributed by atoms with Crippen molar-refractivity contribution in [1.29, 1.82) is 0 Å². The molecule has 27 heavy (non-hydrogen) atoms. The second-order valence-corrected chi connectivity index (χ2v) is 7.50. The third kappa shape index (κ3) is 6.75. The molecule has 5 nitrogen and oxygen atoms in total. The minimum absolute atomic E-state index is 0.141. The van der Waals surface area contributed by atoms with Crippen molar-refractivity contribution in [1.82, 2.24) is 10.2 Å². The summed E-state index contributed by atoms with van der Waals surface area (Å²) in [5.41, 5.74) is 1.63. The minimum atomic E-state index is -0.249. The Morgan fingerprint density at radius 2 is 1.96 bits per heavy atom. The summed E-state index contributed by atoms with van der Waals surface area (Å²) in [6, 6.07) is 15.2. The molecule has 2 aromatic rings. The van der Waals surface area contributed by atoms with Crippen LogP contribution in [0.5, 0.6) is 5.75 Å². The van der Waals surface area contributed by atoms with Crippen LogP contribution in [-0.2, 0) is 6.54 Å². The molecule has 0 fully saturated rings. The van der Waals surface area contributed by atoms with Crippen LogP contribution in [0.4, 0.5) is 0 Å². The molecule has 0 aliphatic heterocycles. The number of amides is 1. The number of hydrogen-bond acceptors (Lipinski definition) is 4. The van der Waals surface area contributed by atoms with Gasteiger partial charge >= 0.3 is 0 Å². The van der Waals surface area contributed by atoms with Gasteiger partial charge in [0.2, 0.25) is 0 Å². The van der Waals surface area contributed by atoms with Crippen molar-refractivity contribution in [3.8, 4) is 5.75 Å². The second-order valence-electron chi connectivity index (χ2n) is 5.95. The molecule has 0 saturated carbocycles.